The van der Waals surface area contributed by atoms with Crippen LogP contribution in [0, 0.1) is 0 Å². The van der Waals surface area contributed by atoms with Gasteiger partial charge in [-0.2, -0.15) is 0 Å². The van der Waals surface area contributed by atoms with Crippen LogP contribution in [0.4, 0.5) is 0 Å². The predicted molar refractivity (Wildman–Crippen MR) is 186 cm³/mol. The first kappa shape index (κ1) is 29.4. The largest absolute Gasteiger partial charge is 0.0622 e. The zero-order valence-corrected chi connectivity index (χ0v) is 25.6. The van der Waals surface area contributed by atoms with Crippen molar-refractivity contribution in [3.05, 3.63) is 215 Å². The maximum atomic E-state index is 2.31. The first-order valence-electron chi connectivity index (χ1n) is 16.2. The monoisotopic (exact) mass is 570 g/mol. The molecule has 0 aliphatic rings. The topological polar surface area (TPSA) is 0 Å². The van der Waals surface area contributed by atoms with Gasteiger partial charge in [-0.15, -0.1) is 0 Å². The molecule has 0 fully saturated rings. The van der Waals surface area contributed by atoms with E-state index in [2.05, 4.69) is 182 Å². The summed E-state index contributed by atoms with van der Waals surface area (Å²) in [5, 5.41) is 0. The average molecular weight is 571 g/mol. The summed E-state index contributed by atoms with van der Waals surface area (Å²) in [6.45, 7) is 0. The van der Waals surface area contributed by atoms with E-state index in [1.54, 1.807) is 0 Å². The molecule has 0 N–H and O–H groups in total. The van der Waals surface area contributed by atoms with E-state index in [4.69, 9.17) is 0 Å². The highest BCUT2D eigenvalue weighted by Gasteiger charge is 2.37. The van der Waals surface area contributed by atoms with Gasteiger partial charge in [-0.05, 0) is 46.2 Å². The first-order valence-corrected chi connectivity index (χ1v) is 16.2. The summed E-state index contributed by atoms with van der Waals surface area (Å²) in [7, 11) is 0. The number of hydrogen-bond donors (Lipinski definition) is 0. The fourth-order valence-corrected chi connectivity index (χ4v) is 7.34. The standard InChI is InChI=1S/C44H42/c1(21-35-43(37-23-9-3-10-24-37,38-25-11-4-12-26-38)39-27-13-5-14-28-39)2-22-36-44(40-29-15-6-16-30-40,41-31-17-7-18-32-41)42-33-19-8-20-34-42/h3-20,23-34H,1-2,21-22,35-36H2. The van der Waals surface area contributed by atoms with E-state index in [0.717, 1.165) is 25.7 Å². The number of hydrogen-bond acceptors (Lipinski definition) is 0. The maximum Gasteiger partial charge on any atom is 0.0451 e. The minimum absolute atomic E-state index is 0.175. The number of unbranched alkanes of at least 4 members (excludes halogenated alkanes) is 3. The van der Waals surface area contributed by atoms with Crippen molar-refractivity contribution in [3.8, 4) is 0 Å². The Morgan fingerprint density at radius 1 is 0.227 bits per heavy atom. The Kier molecular flexibility index (Phi) is 9.48. The lowest BCUT2D eigenvalue weighted by molar-refractivity contribution is 0.472. The normalized spacial score (nSPS) is 11.7. The van der Waals surface area contributed by atoms with Crippen LogP contribution in [0.1, 0.15) is 71.9 Å². The molecular formula is C44H42. The fourth-order valence-electron chi connectivity index (χ4n) is 7.34. The zero-order valence-electron chi connectivity index (χ0n) is 25.6. The van der Waals surface area contributed by atoms with Crippen LogP contribution < -0.4 is 0 Å². The quantitative estimate of drug-likeness (QED) is 0.0957. The third-order valence-electron chi connectivity index (χ3n) is 9.45. The fraction of sp³-hybridized carbons (Fsp3) is 0.182. The lowest BCUT2D eigenvalue weighted by atomic mass is 9.66. The van der Waals surface area contributed by atoms with E-state index in [9.17, 15) is 0 Å². The van der Waals surface area contributed by atoms with Crippen molar-refractivity contribution in [3.63, 3.8) is 0 Å². The summed E-state index contributed by atoms with van der Waals surface area (Å²) >= 11 is 0. The van der Waals surface area contributed by atoms with E-state index in [1.165, 1.54) is 46.2 Å². The van der Waals surface area contributed by atoms with Crippen molar-refractivity contribution >= 4 is 0 Å². The summed E-state index contributed by atoms with van der Waals surface area (Å²) in [5.41, 5.74) is 7.86. The van der Waals surface area contributed by atoms with Crippen molar-refractivity contribution in [2.75, 3.05) is 0 Å². The zero-order chi connectivity index (χ0) is 29.9. The molecular weight excluding hydrogens is 528 g/mol. The van der Waals surface area contributed by atoms with Crippen LogP contribution in [-0.2, 0) is 10.8 Å². The molecule has 0 saturated heterocycles. The molecule has 0 unspecified atom stereocenters. The van der Waals surface area contributed by atoms with Gasteiger partial charge in [-0.3, -0.25) is 0 Å². The third-order valence-corrected chi connectivity index (χ3v) is 9.45. The predicted octanol–water partition coefficient (Wildman–Crippen LogP) is 11.4. The minimum Gasteiger partial charge on any atom is -0.0622 e. The minimum atomic E-state index is -0.175. The van der Waals surface area contributed by atoms with Crippen LogP contribution in [0.15, 0.2) is 182 Å². The second kappa shape index (κ2) is 14.2. The Hall–Kier alpha value is -4.68. The third kappa shape index (κ3) is 6.03. The Balaban J connectivity index is 1.26. The summed E-state index contributed by atoms with van der Waals surface area (Å²) in [6.07, 6.45) is 6.87. The summed E-state index contributed by atoms with van der Waals surface area (Å²) in [5.74, 6) is 0. The van der Waals surface area contributed by atoms with Gasteiger partial charge in [0.15, 0.2) is 0 Å². The first-order chi connectivity index (χ1) is 21.8. The van der Waals surface area contributed by atoms with Crippen molar-refractivity contribution < 1.29 is 0 Å². The lowest BCUT2D eigenvalue weighted by Gasteiger charge is -2.37. The van der Waals surface area contributed by atoms with Crippen LogP contribution in [0.25, 0.3) is 0 Å². The Labute approximate surface area is 264 Å². The molecule has 44 heavy (non-hydrogen) atoms. The van der Waals surface area contributed by atoms with Crippen LogP contribution in [-0.4, -0.2) is 0 Å². The van der Waals surface area contributed by atoms with Crippen LogP contribution in [0.2, 0.25) is 0 Å². The summed E-state index contributed by atoms with van der Waals surface area (Å²) in [4.78, 5) is 0. The molecule has 0 nitrogen and oxygen atoms in total. The van der Waals surface area contributed by atoms with Crippen molar-refractivity contribution in [2.45, 2.75) is 49.4 Å². The highest BCUT2D eigenvalue weighted by atomic mass is 14.4. The van der Waals surface area contributed by atoms with Crippen LogP contribution in [0.5, 0.6) is 0 Å². The second-order valence-corrected chi connectivity index (χ2v) is 11.9. The molecule has 0 saturated carbocycles. The molecule has 0 aromatic heterocycles. The molecule has 0 bridgehead atoms. The average Bonchev–Trinajstić information content (AvgIpc) is 3.12. The van der Waals surface area contributed by atoms with Crippen LogP contribution in [0.3, 0.4) is 0 Å². The molecule has 6 aromatic rings. The maximum absolute atomic E-state index is 2.31. The smallest absolute Gasteiger partial charge is 0.0451 e. The van der Waals surface area contributed by atoms with Gasteiger partial charge in [0.05, 0.1) is 0 Å². The molecule has 0 spiro atoms. The van der Waals surface area contributed by atoms with Crippen molar-refractivity contribution in [1.29, 1.82) is 0 Å². The van der Waals surface area contributed by atoms with E-state index in [0.29, 0.717) is 0 Å². The Morgan fingerprint density at radius 3 is 0.591 bits per heavy atom. The number of rotatable bonds is 13. The Bertz CT molecular complexity index is 1330. The summed E-state index contributed by atoms with van der Waals surface area (Å²) in [6, 6.07) is 66.8. The molecule has 0 atom stereocenters. The molecule has 0 aliphatic heterocycles. The molecule has 0 heterocycles. The van der Waals surface area contributed by atoms with Crippen LogP contribution >= 0.6 is 0 Å². The SMILES string of the molecule is c1ccc(C(CCCCCCC(c2ccccc2)(c2ccccc2)c2ccccc2)(c2ccccc2)c2ccccc2)cc1. The van der Waals surface area contributed by atoms with Gasteiger partial charge < -0.3 is 0 Å². The van der Waals surface area contributed by atoms with Gasteiger partial charge in [0, 0.05) is 10.8 Å². The molecule has 0 radical (unpaired) electrons. The molecule has 6 rings (SSSR count). The molecule has 218 valence electrons. The van der Waals surface area contributed by atoms with Gasteiger partial charge in [0.1, 0.15) is 0 Å². The molecule has 6 aromatic carbocycles. The molecule has 0 aliphatic carbocycles. The van der Waals surface area contributed by atoms with Gasteiger partial charge in [0.2, 0.25) is 0 Å². The van der Waals surface area contributed by atoms with Crippen molar-refractivity contribution in [2.24, 2.45) is 0 Å². The summed E-state index contributed by atoms with van der Waals surface area (Å²) < 4.78 is 0. The molecule has 0 heteroatoms. The van der Waals surface area contributed by atoms with Gasteiger partial charge in [0.25, 0.3) is 0 Å². The van der Waals surface area contributed by atoms with Gasteiger partial charge in [-0.25, -0.2) is 0 Å². The number of benzene rings is 6. The van der Waals surface area contributed by atoms with Gasteiger partial charge in [-0.1, -0.05) is 208 Å². The highest BCUT2D eigenvalue weighted by molar-refractivity contribution is 5.51. The van der Waals surface area contributed by atoms with E-state index < -0.39 is 0 Å². The highest BCUT2D eigenvalue weighted by Crippen LogP contribution is 2.45. The Morgan fingerprint density at radius 2 is 0.409 bits per heavy atom. The van der Waals surface area contributed by atoms with E-state index >= 15 is 0 Å². The van der Waals surface area contributed by atoms with Gasteiger partial charge >= 0.3 is 0 Å². The van der Waals surface area contributed by atoms with E-state index in [-0.39, 0.29) is 10.8 Å². The molecule has 0 amide bonds. The second-order valence-electron chi connectivity index (χ2n) is 11.9. The van der Waals surface area contributed by atoms with Crippen molar-refractivity contribution in [1.82, 2.24) is 0 Å². The lowest BCUT2D eigenvalue weighted by Crippen LogP contribution is -2.30. The van der Waals surface area contributed by atoms with E-state index in [1.807, 2.05) is 0 Å².